The van der Waals surface area contributed by atoms with E-state index < -0.39 is 9.84 Å². The molecule has 146 valence electrons. The molecule has 26 heavy (non-hydrogen) atoms. The molecule has 1 fully saturated rings. The molecule has 2 N–H and O–H groups in total. The highest BCUT2D eigenvalue weighted by atomic mass is 32.2. The highest BCUT2D eigenvalue weighted by Gasteiger charge is 2.12. The number of sulfone groups is 1. The third-order valence-corrected chi connectivity index (χ3v) is 5.30. The van der Waals surface area contributed by atoms with Gasteiger partial charge in [-0.3, -0.25) is 9.89 Å². The molecular weight excluding hydrogens is 352 g/mol. The zero-order chi connectivity index (χ0) is 18.8. The molecule has 1 aliphatic heterocycles. The Kier molecular flexibility index (Phi) is 8.34. The second-order valence-electron chi connectivity index (χ2n) is 6.49. The van der Waals surface area contributed by atoms with Crippen molar-refractivity contribution in [3.63, 3.8) is 0 Å². The molecule has 8 heteroatoms. The maximum atomic E-state index is 11.2. The lowest BCUT2D eigenvalue weighted by atomic mass is 10.1. The van der Waals surface area contributed by atoms with E-state index in [1.807, 2.05) is 6.07 Å². The van der Waals surface area contributed by atoms with E-state index in [2.05, 4.69) is 38.7 Å². The van der Waals surface area contributed by atoms with E-state index in [1.165, 1.54) is 17.4 Å². The molecule has 7 nitrogen and oxygen atoms in total. The summed E-state index contributed by atoms with van der Waals surface area (Å²) in [4.78, 5) is 6.60. The highest BCUT2D eigenvalue weighted by Crippen LogP contribution is 2.12. The van der Waals surface area contributed by atoms with Crippen LogP contribution in [0.1, 0.15) is 17.5 Å². The van der Waals surface area contributed by atoms with Crippen LogP contribution in [0.3, 0.4) is 0 Å². The van der Waals surface area contributed by atoms with Crippen LogP contribution >= 0.6 is 0 Å². The maximum absolute atomic E-state index is 11.2. The Bertz CT molecular complexity index is 685. The Balaban J connectivity index is 1.83. The van der Waals surface area contributed by atoms with E-state index in [9.17, 15) is 8.42 Å². The van der Waals surface area contributed by atoms with Crippen molar-refractivity contribution in [3.8, 4) is 0 Å². The summed E-state index contributed by atoms with van der Waals surface area (Å²) in [5.74, 6) is 0.860. The first-order chi connectivity index (χ1) is 12.5. The van der Waals surface area contributed by atoms with Gasteiger partial charge in [-0.25, -0.2) is 8.42 Å². The average Bonchev–Trinajstić information content (AvgIpc) is 2.62. The third kappa shape index (κ3) is 7.72. The second kappa shape index (κ2) is 10.5. The molecular formula is C18H30N4O3S. The number of morpholine rings is 1. The molecule has 1 aromatic rings. The molecule has 0 atom stereocenters. The summed E-state index contributed by atoms with van der Waals surface area (Å²) >= 11 is 0. The molecule has 0 unspecified atom stereocenters. The van der Waals surface area contributed by atoms with Gasteiger partial charge < -0.3 is 15.4 Å². The zero-order valence-corrected chi connectivity index (χ0v) is 16.5. The van der Waals surface area contributed by atoms with Crippen LogP contribution in [0.4, 0.5) is 0 Å². The Morgan fingerprint density at radius 3 is 2.54 bits per heavy atom. The van der Waals surface area contributed by atoms with Gasteiger partial charge in [0.2, 0.25) is 0 Å². The van der Waals surface area contributed by atoms with Crippen LogP contribution in [0.15, 0.2) is 29.3 Å². The Hall–Kier alpha value is -1.64. The number of hydrogen-bond acceptors (Lipinski definition) is 5. The van der Waals surface area contributed by atoms with Crippen molar-refractivity contribution < 1.29 is 13.2 Å². The van der Waals surface area contributed by atoms with Gasteiger partial charge in [0, 0.05) is 46.0 Å². The predicted molar refractivity (Wildman–Crippen MR) is 105 cm³/mol. The molecule has 1 heterocycles. The first kappa shape index (κ1) is 20.7. The van der Waals surface area contributed by atoms with E-state index in [4.69, 9.17) is 4.74 Å². The molecule has 0 radical (unpaired) electrons. The lowest BCUT2D eigenvalue weighted by Gasteiger charge is -2.27. The van der Waals surface area contributed by atoms with Gasteiger partial charge in [0.25, 0.3) is 0 Å². The lowest BCUT2D eigenvalue weighted by molar-refractivity contribution is 0.0341. The minimum atomic E-state index is -2.92. The molecule has 0 aliphatic carbocycles. The maximum Gasteiger partial charge on any atom is 0.191 e. The SMILES string of the molecule is CN=C(NCCCS(C)(=O)=O)NCc1ccccc1CN1CCOCC1. The number of hydrogen-bond donors (Lipinski definition) is 2. The normalized spacial score (nSPS) is 16.5. The summed E-state index contributed by atoms with van der Waals surface area (Å²) in [6, 6.07) is 8.40. The summed E-state index contributed by atoms with van der Waals surface area (Å²) in [6.07, 6.45) is 1.82. The van der Waals surface area contributed by atoms with Crippen molar-refractivity contribution in [1.82, 2.24) is 15.5 Å². The summed E-state index contributed by atoms with van der Waals surface area (Å²) in [5.41, 5.74) is 2.53. The fraction of sp³-hybridized carbons (Fsp3) is 0.611. The topological polar surface area (TPSA) is 83.0 Å². The fourth-order valence-electron chi connectivity index (χ4n) is 2.83. The van der Waals surface area contributed by atoms with Crippen LogP contribution in [0.25, 0.3) is 0 Å². The largest absolute Gasteiger partial charge is 0.379 e. The highest BCUT2D eigenvalue weighted by molar-refractivity contribution is 7.90. The second-order valence-corrected chi connectivity index (χ2v) is 8.75. The minimum Gasteiger partial charge on any atom is -0.379 e. The molecule has 1 saturated heterocycles. The first-order valence-electron chi connectivity index (χ1n) is 8.97. The molecule has 1 aliphatic rings. The number of aliphatic imine (C=N–C) groups is 1. The monoisotopic (exact) mass is 382 g/mol. The predicted octanol–water partition coefficient (Wildman–Crippen LogP) is 0.619. The number of nitrogens with zero attached hydrogens (tertiary/aromatic N) is 2. The van der Waals surface area contributed by atoms with Gasteiger partial charge in [0.1, 0.15) is 9.84 Å². The van der Waals surface area contributed by atoms with Crippen LogP contribution in [-0.2, 0) is 27.7 Å². The van der Waals surface area contributed by atoms with E-state index in [-0.39, 0.29) is 5.75 Å². The molecule has 2 rings (SSSR count). The Morgan fingerprint density at radius 2 is 1.88 bits per heavy atom. The molecule has 0 aromatic heterocycles. The summed E-state index contributed by atoms with van der Waals surface area (Å²) in [5, 5.41) is 6.47. The number of rotatable bonds is 8. The minimum absolute atomic E-state index is 0.180. The van der Waals surface area contributed by atoms with Crippen LogP contribution in [-0.4, -0.2) is 71.2 Å². The van der Waals surface area contributed by atoms with E-state index in [0.717, 1.165) is 32.8 Å². The zero-order valence-electron chi connectivity index (χ0n) is 15.7. The Labute approximate surface area is 156 Å². The average molecular weight is 383 g/mol. The van der Waals surface area contributed by atoms with Crippen molar-refractivity contribution in [2.45, 2.75) is 19.5 Å². The van der Waals surface area contributed by atoms with Gasteiger partial charge in [-0.15, -0.1) is 0 Å². The van der Waals surface area contributed by atoms with Gasteiger partial charge >= 0.3 is 0 Å². The van der Waals surface area contributed by atoms with E-state index >= 15 is 0 Å². The van der Waals surface area contributed by atoms with Gasteiger partial charge in [0.15, 0.2) is 5.96 Å². The van der Waals surface area contributed by atoms with Gasteiger partial charge in [0.05, 0.1) is 19.0 Å². The Morgan fingerprint density at radius 1 is 1.19 bits per heavy atom. The number of ether oxygens (including phenoxy) is 1. The number of nitrogens with one attached hydrogen (secondary N) is 2. The molecule has 1 aromatic carbocycles. The van der Waals surface area contributed by atoms with Gasteiger partial charge in [-0.2, -0.15) is 0 Å². The van der Waals surface area contributed by atoms with Crippen molar-refractivity contribution in [3.05, 3.63) is 35.4 Å². The van der Waals surface area contributed by atoms with Crippen LogP contribution in [0.5, 0.6) is 0 Å². The smallest absolute Gasteiger partial charge is 0.191 e. The van der Waals surface area contributed by atoms with Crippen LogP contribution < -0.4 is 10.6 Å². The summed E-state index contributed by atoms with van der Waals surface area (Å²) in [6.45, 7) is 5.68. The standard InChI is InChI=1S/C18H30N4O3S/c1-19-18(20-8-5-13-26(2,23)24)21-14-16-6-3-4-7-17(16)15-22-9-11-25-12-10-22/h3-4,6-7H,5,8-15H2,1-2H3,(H2,19,20,21). The molecule has 0 spiro atoms. The van der Waals surface area contributed by atoms with Crippen LogP contribution in [0.2, 0.25) is 0 Å². The van der Waals surface area contributed by atoms with Crippen molar-refractivity contribution >= 4 is 15.8 Å². The molecule has 0 amide bonds. The first-order valence-corrected chi connectivity index (χ1v) is 11.0. The van der Waals surface area contributed by atoms with Gasteiger partial charge in [-0.1, -0.05) is 24.3 Å². The third-order valence-electron chi connectivity index (χ3n) is 4.27. The van der Waals surface area contributed by atoms with E-state index in [1.54, 1.807) is 7.05 Å². The van der Waals surface area contributed by atoms with Crippen molar-refractivity contribution in [1.29, 1.82) is 0 Å². The van der Waals surface area contributed by atoms with Crippen LogP contribution in [0, 0.1) is 0 Å². The fourth-order valence-corrected chi connectivity index (χ4v) is 3.49. The molecule has 0 saturated carbocycles. The van der Waals surface area contributed by atoms with E-state index in [0.29, 0.717) is 25.5 Å². The number of guanidine groups is 1. The summed E-state index contributed by atoms with van der Waals surface area (Å²) < 4.78 is 27.8. The lowest BCUT2D eigenvalue weighted by Crippen LogP contribution is -2.38. The van der Waals surface area contributed by atoms with Crippen molar-refractivity contribution in [2.75, 3.05) is 51.9 Å². The number of benzene rings is 1. The summed E-state index contributed by atoms with van der Waals surface area (Å²) in [7, 11) is -1.20. The quantitative estimate of drug-likeness (QED) is 0.390. The van der Waals surface area contributed by atoms with Gasteiger partial charge in [-0.05, 0) is 17.5 Å². The van der Waals surface area contributed by atoms with Crippen molar-refractivity contribution in [2.24, 2.45) is 4.99 Å². The molecule has 0 bridgehead atoms.